The molecule has 108 valence electrons. The molecule has 0 saturated carbocycles. The molecule has 0 spiro atoms. The van der Waals surface area contributed by atoms with Gasteiger partial charge in [-0.05, 0) is 32.9 Å². The Morgan fingerprint density at radius 2 is 2.00 bits per heavy atom. The van der Waals surface area contributed by atoms with Gasteiger partial charge in [-0.1, -0.05) is 29.0 Å². The smallest absolute Gasteiger partial charge is 0.338 e. The summed E-state index contributed by atoms with van der Waals surface area (Å²) in [6.45, 7) is 5.80. The molecule has 0 bridgehead atoms. The summed E-state index contributed by atoms with van der Waals surface area (Å²) in [5.74, 6) is -0.319. The van der Waals surface area contributed by atoms with Gasteiger partial charge in [-0.15, -0.1) is 0 Å². The largest absolute Gasteiger partial charge is 0.453 e. The molecule has 1 unspecified atom stereocenters. The fraction of sp³-hybridized carbons (Fsp3) is 0.267. The van der Waals surface area contributed by atoms with E-state index in [1.165, 1.54) is 17.7 Å². The Morgan fingerprint density at radius 3 is 2.67 bits per heavy atom. The van der Waals surface area contributed by atoms with Crippen LogP contribution in [0.4, 0.5) is 0 Å². The van der Waals surface area contributed by atoms with Crippen molar-refractivity contribution in [2.75, 3.05) is 0 Å². The Labute approximate surface area is 126 Å². The number of esters is 1. The molecule has 2 heterocycles. The van der Waals surface area contributed by atoms with Crippen LogP contribution in [-0.4, -0.2) is 20.6 Å². The van der Waals surface area contributed by atoms with E-state index < -0.39 is 0 Å². The van der Waals surface area contributed by atoms with Crippen molar-refractivity contribution in [2.45, 2.75) is 26.9 Å². The number of carbonyl (C=O) groups excluding carboxylic acids is 1. The second-order valence-corrected chi connectivity index (χ2v) is 5.93. The Morgan fingerprint density at radius 1 is 1.29 bits per heavy atom. The van der Waals surface area contributed by atoms with Crippen LogP contribution in [0.1, 0.15) is 39.5 Å². The number of aryl methyl sites for hydroxylation is 2. The van der Waals surface area contributed by atoms with Gasteiger partial charge >= 0.3 is 5.97 Å². The van der Waals surface area contributed by atoms with E-state index in [-0.39, 0.29) is 12.1 Å². The molecule has 5 nitrogen and oxygen atoms in total. The first-order chi connectivity index (χ1) is 10.1. The fourth-order valence-electron chi connectivity index (χ4n) is 2.16. The first kappa shape index (κ1) is 13.8. The SMILES string of the molecule is Cc1ccc(C(=O)OC(C)c2sc3ncnn3c2C)cc1. The predicted octanol–water partition coefficient (Wildman–Crippen LogP) is 3.33. The minimum absolute atomic E-state index is 0.319. The van der Waals surface area contributed by atoms with Gasteiger partial charge in [0.2, 0.25) is 4.96 Å². The van der Waals surface area contributed by atoms with E-state index in [9.17, 15) is 4.79 Å². The molecule has 0 saturated heterocycles. The molecule has 0 fully saturated rings. The summed E-state index contributed by atoms with van der Waals surface area (Å²) in [4.78, 5) is 18.1. The molecule has 3 aromatic rings. The zero-order valence-electron chi connectivity index (χ0n) is 12.0. The Kier molecular flexibility index (Phi) is 3.47. The lowest BCUT2D eigenvalue weighted by Gasteiger charge is -2.12. The minimum Gasteiger partial charge on any atom is -0.453 e. The van der Waals surface area contributed by atoms with Gasteiger partial charge < -0.3 is 4.74 Å². The molecule has 0 aliphatic rings. The quantitative estimate of drug-likeness (QED) is 0.696. The van der Waals surface area contributed by atoms with Crippen molar-refractivity contribution < 1.29 is 9.53 Å². The van der Waals surface area contributed by atoms with Crippen molar-refractivity contribution in [1.29, 1.82) is 0 Å². The van der Waals surface area contributed by atoms with E-state index in [4.69, 9.17) is 4.74 Å². The third kappa shape index (κ3) is 2.54. The number of hydrogen-bond acceptors (Lipinski definition) is 5. The van der Waals surface area contributed by atoms with E-state index in [0.717, 1.165) is 21.1 Å². The molecule has 1 atom stereocenters. The second kappa shape index (κ2) is 5.29. The van der Waals surface area contributed by atoms with Crippen LogP contribution in [0.15, 0.2) is 30.6 Å². The maximum atomic E-state index is 12.1. The standard InChI is InChI=1S/C15H15N3O2S/c1-9-4-6-12(7-5-9)14(19)20-11(3)13-10(2)18-15(21-13)16-8-17-18/h4-8,11H,1-3H3. The Balaban J connectivity index is 1.80. The average molecular weight is 301 g/mol. The van der Waals surface area contributed by atoms with Crippen LogP contribution in [0, 0.1) is 13.8 Å². The molecule has 21 heavy (non-hydrogen) atoms. The van der Waals surface area contributed by atoms with Crippen LogP contribution in [0.5, 0.6) is 0 Å². The number of benzene rings is 1. The first-order valence-corrected chi connectivity index (χ1v) is 7.44. The summed E-state index contributed by atoms with van der Waals surface area (Å²) in [5.41, 5.74) is 2.63. The van der Waals surface area contributed by atoms with Crippen molar-refractivity contribution in [3.8, 4) is 0 Å². The van der Waals surface area contributed by atoms with Gasteiger partial charge in [-0.25, -0.2) is 14.3 Å². The number of aromatic nitrogens is 3. The van der Waals surface area contributed by atoms with Crippen LogP contribution in [0.3, 0.4) is 0 Å². The van der Waals surface area contributed by atoms with Crippen molar-refractivity contribution in [3.63, 3.8) is 0 Å². The van der Waals surface area contributed by atoms with Gasteiger partial charge in [0.25, 0.3) is 0 Å². The topological polar surface area (TPSA) is 56.5 Å². The first-order valence-electron chi connectivity index (χ1n) is 6.63. The van der Waals surface area contributed by atoms with Gasteiger partial charge in [0, 0.05) is 0 Å². The molecular weight excluding hydrogens is 286 g/mol. The Hall–Kier alpha value is -2.21. The molecule has 1 aromatic carbocycles. The van der Waals surface area contributed by atoms with Gasteiger partial charge in [0.15, 0.2) is 0 Å². The summed E-state index contributed by atoms with van der Waals surface area (Å²) in [6, 6.07) is 7.35. The van der Waals surface area contributed by atoms with Crippen LogP contribution in [-0.2, 0) is 4.74 Å². The number of ether oxygens (including phenoxy) is 1. The molecule has 0 amide bonds. The summed E-state index contributed by atoms with van der Waals surface area (Å²) < 4.78 is 7.30. The maximum absolute atomic E-state index is 12.1. The lowest BCUT2D eigenvalue weighted by Crippen LogP contribution is -2.09. The molecular formula is C15H15N3O2S. The van der Waals surface area contributed by atoms with Crippen molar-refractivity contribution in [3.05, 3.63) is 52.3 Å². The van der Waals surface area contributed by atoms with Crippen molar-refractivity contribution in [2.24, 2.45) is 0 Å². The van der Waals surface area contributed by atoms with Crippen molar-refractivity contribution >= 4 is 22.3 Å². The summed E-state index contributed by atoms with van der Waals surface area (Å²) in [5, 5.41) is 4.14. The van der Waals surface area contributed by atoms with Crippen LogP contribution >= 0.6 is 11.3 Å². The van der Waals surface area contributed by atoms with Gasteiger partial charge in [0.1, 0.15) is 12.4 Å². The number of thiazole rings is 1. The number of carbonyl (C=O) groups is 1. The fourth-order valence-corrected chi connectivity index (χ4v) is 3.17. The van der Waals surface area contributed by atoms with E-state index in [2.05, 4.69) is 10.1 Å². The lowest BCUT2D eigenvalue weighted by molar-refractivity contribution is 0.0343. The van der Waals surface area contributed by atoms with Gasteiger partial charge in [-0.2, -0.15) is 5.10 Å². The number of fused-ring (bicyclic) bond motifs is 1. The highest BCUT2D eigenvalue weighted by Crippen LogP contribution is 2.29. The Bertz CT molecular complexity index is 789. The number of nitrogens with zero attached hydrogens (tertiary/aromatic N) is 3. The summed E-state index contributed by atoms with van der Waals surface area (Å²) in [7, 11) is 0. The highest BCUT2D eigenvalue weighted by Gasteiger charge is 2.20. The van der Waals surface area contributed by atoms with E-state index in [0.29, 0.717) is 5.56 Å². The molecule has 6 heteroatoms. The zero-order valence-corrected chi connectivity index (χ0v) is 12.8. The van der Waals surface area contributed by atoms with Crippen LogP contribution in [0.25, 0.3) is 4.96 Å². The molecule has 0 aliphatic carbocycles. The monoisotopic (exact) mass is 301 g/mol. The predicted molar refractivity (Wildman–Crippen MR) is 80.6 cm³/mol. The lowest BCUT2D eigenvalue weighted by atomic mass is 10.1. The third-order valence-corrected chi connectivity index (χ3v) is 4.64. The molecule has 0 N–H and O–H groups in total. The molecule has 3 rings (SSSR count). The second-order valence-electron chi connectivity index (χ2n) is 4.92. The number of hydrogen-bond donors (Lipinski definition) is 0. The highest BCUT2D eigenvalue weighted by atomic mass is 32.1. The summed E-state index contributed by atoms with van der Waals surface area (Å²) >= 11 is 1.49. The minimum atomic E-state index is -0.327. The highest BCUT2D eigenvalue weighted by molar-refractivity contribution is 7.17. The van der Waals surface area contributed by atoms with Gasteiger partial charge in [0.05, 0.1) is 16.1 Å². The third-order valence-electron chi connectivity index (χ3n) is 3.33. The normalized spacial score (nSPS) is 12.5. The number of rotatable bonds is 3. The summed E-state index contributed by atoms with van der Waals surface area (Å²) in [6.07, 6.45) is 1.19. The molecule has 0 aliphatic heterocycles. The zero-order chi connectivity index (χ0) is 15.0. The average Bonchev–Trinajstić information content (AvgIpc) is 3.03. The van der Waals surface area contributed by atoms with Gasteiger partial charge in [-0.3, -0.25) is 0 Å². The van der Waals surface area contributed by atoms with E-state index >= 15 is 0 Å². The van der Waals surface area contributed by atoms with Crippen molar-refractivity contribution in [1.82, 2.24) is 14.6 Å². The molecule has 2 aromatic heterocycles. The van der Waals surface area contributed by atoms with Crippen LogP contribution in [0.2, 0.25) is 0 Å². The maximum Gasteiger partial charge on any atom is 0.338 e. The molecule has 0 radical (unpaired) electrons. The van der Waals surface area contributed by atoms with E-state index in [1.54, 1.807) is 16.6 Å². The van der Waals surface area contributed by atoms with Crippen LogP contribution < -0.4 is 0 Å². The van der Waals surface area contributed by atoms with E-state index in [1.807, 2.05) is 32.9 Å².